The largest absolute Gasteiger partial charge is 0.491 e. The maximum atomic E-state index is 6.07. The lowest BCUT2D eigenvalue weighted by Crippen LogP contribution is -2.00. The molecule has 0 aliphatic heterocycles. The van der Waals surface area contributed by atoms with Crippen LogP contribution in [-0.2, 0) is 0 Å². The summed E-state index contributed by atoms with van der Waals surface area (Å²) in [6, 6.07) is 11.3. The van der Waals surface area contributed by atoms with Gasteiger partial charge in [-0.05, 0) is 52.7 Å². The van der Waals surface area contributed by atoms with E-state index in [-0.39, 0.29) is 0 Å². The van der Waals surface area contributed by atoms with E-state index in [0.717, 1.165) is 22.3 Å². The van der Waals surface area contributed by atoms with Crippen molar-refractivity contribution in [1.29, 1.82) is 0 Å². The van der Waals surface area contributed by atoms with E-state index in [9.17, 15) is 0 Å². The predicted molar refractivity (Wildman–Crippen MR) is 89.1 cm³/mol. The van der Waals surface area contributed by atoms with Gasteiger partial charge in [0.25, 0.3) is 0 Å². The molecule has 0 unspecified atom stereocenters. The number of nitrogens with one attached hydrogen (secondary N) is 1. The van der Waals surface area contributed by atoms with E-state index in [1.165, 1.54) is 0 Å². The van der Waals surface area contributed by atoms with Crippen LogP contribution in [0.2, 0.25) is 5.02 Å². The lowest BCUT2D eigenvalue weighted by atomic mass is 10.2. The number of nitrogen functional groups attached to an aromatic ring is 1. The highest BCUT2D eigenvalue weighted by molar-refractivity contribution is 9.10. The Kier molecular flexibility index (Phi) is 5.15. The fourth-order valence-corrected chi connectivity index (χ4v) is 2.12. The second-order valence-corrected chi connectivity index (χ2v) is 5.62. The molecule has 0 amide bonds. The molecule has 0 radical (unpaired) electrons. The Bertz CT molecular complexity index is 604. The molecule has 0 aromatic heterocycles. The summed E-state index contributed by atoms with van der Waals surface area (Å²) in [5, 5.41) is 3.94. The normalized spacial score (nSPS) is 10.3. The Labute approximate surface area is 132 Å². The first-order valence-corrected chi connectivity index (χ1v) is 7.51. The average molecular weight is 356 g/mol. The van der Waals surface area contributed by atoms with Crippen molar-refractivity contribution in [2.45, 2.75) is 13.3 Å². The standard InChI is InChI=1S/C15H16BrClN2O/c1-2-7-20-15-9-11(4-6-14(15)18)19-10-3-5-12(16)13(17)8-10/h3-6,8-9,19H,2,7,18H2,1H3. The van der Waals surface area contributed by atoms with Crippen molar-refractivity contribution in [1.82, 2.24) is 0 Å². The van der Waals surface area contributed by atoms with E-state index in [1.54, 1.807) is 0 Å². The number of benzene rings is 2. The molecule has 3 nitrogen and oxygen atoms in total. The van der Waals surface area contributed by atoms with Gasteiger partial charge in [0.2, 0.25) is 0 Å². The average Bonchev–Trinajstić information content (AvgIpc) is 2.43. The van der Waals surface area contributed by atoms with Gasteiger partial charge in [-0.2, -0.15) is 0 Å². The van der Waals surface area contributed by atoms with Gasteiger partial charge in [-0.1, -0.05) is 18.5 Å². The zero-order chi connectivity index (χ0) is 14.5. The second-order valence-electron chi connectivity index (χ2n) is 4.35. The molecule has 0 aliphatic carbocycles. The van der Waals surface area contributed by atoms with Crippen LogP contribution in [0.25, 0.3) is 0 Å². The number of hydrogen-bond donors (Lipinski definition) is 2. The van der Waals surface area contributed by atoms with Gasteiger partial charge in [0.1, 0.15) is 5.75 Å². The second kappa shape index (κ2) is 6.86. The van der Waals surface area contributed by atoms with Gasteiger partial charge in [-0.15, -0.1) is 0 Å². The molecular weight excluding hydrogens is 340 g/mol. The van der Waals surface area contributed by atoms with Crippen LogP contribution in [-0.4, -0.2) is 6.61 Å². The van der Waals surface area contributed by atoms with Crippen molar-refractivity contribution in [2.24, 2.45) is 0 Å². The molecule has 2 aromatic carbocycles. The van der Waals surface area contributed by atoms with Crippen molar-refractivity contribution < 1.29 is 4.74 Å². The summed E-state index contributed by atoms with van der Waals surface area (Å²) in [4.78, 5) is 0. The molecule has 106 valence electrons. The molecule has 0 saturated carbocycles. The van der Waals surface area contributed by atoms with Crippen molar-refractivity contribution in [2.75, 3.05) is 17.7 Å². The number of anilines is 3. The maximum Gasteiger partial charge on any atom is 0.144 e. The number of nitrogens with two attached hydrogens (primary N) is 1. The molecular formula is C15H16BrClN2O. The van der Waals surface area contributed by atoms with Crippen molar-refractivity contribution in [3.05, 3.63) is 45.9 Å². The Balaban J connectivity index is 2.18. The van der Waals surface area contributed by atoms with Gasteiger partial charge < -0.3 is 15.8 Å². The van der Waals surface area contributed by atoms with Crippen LogP contribution in [0.15, 0.2) is 40.9 Å². The summed E-state index contributed by atoms with van der Waals surface area (Å²) >= 11 is 9.44. The lowest BCUT2D eigenvalue weighted by Gasteiger charge is -2.12. The van der Waals surface area contributed by atoms with E-state index in [2.05, 4.69) is 28.2 Å². The number of halogens is 2. The van der Waals surface area contributed by atoms with Crippen LogP contribution in [0.3, 0.4) is 0 Å². The van der Waals surface area contributed by atoms with Gasteiger partial charge in [-0.25, -0.2) is 0 Å². The molecule has 3 N–H and O–H groups in total. The van der Waals surface area contributed by atoms with E-state index < -0.39 is 0 Å². The Morgan fingerprint density at radius 3 is 2.60 bits per heavy atom. The molecule has 0 fully saturated rings. The van der Waals surface area contributed by atoms with Crippen LogP contribution in [0.5, 0.6) is 5.75 Å². The first kappa shape index (κ1) is 15.0. The molecule has 0 saturated heterocycles. The van der Waals surface area contributed by atoms with E-state index in [0.29, 0.717) is 23.1 Å². The molecule has 0 aliphatic rings. The summed E-state index contributed by atoms with van der Waals surface area (Å²) in [5.74, 6) is 0.694. The van der Waals surface area contributed by atoms with Gasteiger partial charge in [0, 0.05) is 21.9 Å². The smallest absolute Gasteiger partial charge is 0.144 e. The quantitative estimate of drug-likeness (QED) is 0.723. The zero-order valence-electron chi connectivity index (χ0n) is 11.1. The minimum absolute atomic E-state index is 0.637. The van der Waals surface area contributed by atoms with Crippen LogP contribution >= 0.6 is 27.5 Å². The molecule has 0 bridgehead atoms. The molecule has 20 heavy (non-hydrogen) atoms. The maximum absolute atomic E-state index is 6.07. The molecule has 0 spiro atoms. The number of rotatable bonds is 5. The summed E-state index contributed by atoms with van der Waals surface area (Å²) in [6.07, 6.45) is 0.944. The topological polar surface area (TPSA) is 47.3 Å². The summed E-state index contributed by atoms with van der Waals surface area (Å²) in [5.41, 5.74) is 8.34. The molecule has 0 heterocycles. The fourth-order valence-electron chi connectivity index (χ4n) is 1.69. The van der Waals surface area contributed by atoms with Crippen LogP contribution in [0, 0.1) is 0 Å². The van der Waals surface area contributed by atoms with Crippen LogP contribution in [0.4, 0.5) is 17.1 Å². The fraction of sp³-hybridized carbons (Fsp3) is 0.200. The third-order valence-corrected chi connectivity index (χ3v) is 3.92. The van der Waals surface area contributed by atoms with Gasteiger partial charge in [0.15, 0.2) is 0 Å². The highest BCUT2D eigenvalue weighted by Crippen LogP contribution is 2.30. The first-order valence-electron chi connectivity index (χ1n) is 6.34. The Morgan fingerprint density at radius 2 is 1.90 bits per heavy atom. The molecule has 0 atom stereocenters. The first-order chi connectivity index (χ1) is 9.60. The lowest BCUT2D eigenvalue weighted by molar-refractivity contribution is 0.319. The highest BCUT2D eigenvalue weighted by Gasteiger charge is 2.04. The van der Waals surface area contributed by atoms with Crippen LogP contribution in [0.1, 0.15) is 13.3 Å². The number of hydrogen-bond acceptors (Lipinski definition) is 3. The van der Waals surface area contributed by atoms with E-state index in [1.807, 2.05) is 36.4 Å². The number of ether oxygens (including phenoxy) is 1. The molecule has 2 rings (SSSR count). The van der Waals surface area contributed by atoms with Gasteiger partial charge in [-0.3, -0.25) is 0 Å². The highest BCUT2D eigenvalue weighted by atomic mass is 79.9. The SMILES string of the molecule is CCCOc1cc(Nc2ccc(Br)c(Cl)c2)ccc1N. The summed E-state index contributed by atoms with van der Waals surface area (Å²) in [7, 11) is 0. The predicted octanol–water partition coefficient (Wildman–Crippen LogP) is 5.22. The third kappa shape index (κ3) is 3.81. The molecule has 5 heteroatoms. The van der Waals surface area contributed by atoms with Gasteiger partial charge >= 0.3 is 0 Å². The molecule has 2 aromatic rings. The minimum atomic E-state index is 0.637. The van der Waals surface area contributed by atoms with Gasteiger partial charge in [0.05, 0.1) is 17.3 Å². The summed E-state index contributed by atoms with van der Waals surface area (Å²) < 4.78 is 6.48. The monoisotopic (exact) mass is 354 g/mol. The Hall–Kier alpha value is -1.39. The zero-order valence-corrected chi connectivity index (χ0v) is 13.5. The van der Waals surface area contributed by atoms with Crippen molar-refractivity contribution in [3.8, 4) is 5.75 Å². The van der Waals surface area contributed by atoms with E-state index >= 15 is 0 Å². The van der Waals surface area contributed by atoms with E-state index in [4.69, 9.17) is 22.1 Å². The summed E-state index contributed by atoms with van der Waals surface area (Å²) in [6.45, 7) is 2.71. The minimum Gasteiger partial charge on any atom is -0.491 e. The van der Waals surface area contributed by atoms with Crippen molar-refractivity contribution in [3.63, 3.8) is 0 Å². The van der Waals surface area contributed by atoms with Crippen molar-refractivity contribution >= 4 is 44.6 Å². The van der Waals surface area contributed by atoms with Crippen LogP contribution < -0.4 is 15.8 Å². The Morgan fingerprint density at radius 1 is 1.20 bits per heavy atom. The third-order valence-electron chi connectivity index (χ3n) is 2.68.